The Morgan fingerprint density at radius 2 is 2.50 bits per heavy atom. The van der Waals surface area contributed by atoms with Crippen molar-refractivity contribution in [2.24, 2.45) is 0 Å². The first-order valence-electron chi connectivity index (χ1n) is 1.95. The van der Waals surface area contributed by atoms with Gasteiger partial charge in [0.05, 0.1) is 6.61 Å². The fraction of sp³-hybridized carbons (Fsp3) is 0.600. The average molecular weight is 83.1 g/mol. The molecule has 1 nitrogen and oxygen atoms in total. The topological polar surface area (TPSA) is 9.23 Å². The third-order valence-corrected chi connectivity index (χ3v) is 0.378. The van der Waals surface area contributed by atoms with Crippen molar-refractivity contribution < 1.29 is 4.74 Å². The van der Waals surface area contributed by atoms with Crippen molar-refractivity contribution in [2.45, 2.75) is 13.3 Å². The van der Waals surface area contributed by atoms with E-state index in [4.69, 9.17) is 6.42 Å². The molecule has 0 amide bonds. The minimum Gasteiger partial charge on any atom is -0.446 e. The predicted molar refractivity (Wildman–Crippen MR) is 23.4 cm³/mol. The van der Waals surface area contributed by atoms with E-state index in [1.165, 1.54) is 0 Å². The summed E-state index contributed by atoms with van der Waals surface area (Å²) >= 11 is 0. The molecule has 0 saturated carbocycles. The van der Waals surface area contributed by atoms with Crippen LogP contribution in [0.2, 0.25) is 0 Å². The average Bonchev–Trinajstić information content (AvgIpc) is 1.61. The predicted octanol–water partition coefficient (Wildman–Crippen LogP) is 0.960. The molecule has 33 valence electrons. The van der Waals surface area contributed by atoms with E-state index in [0.29, 0.717) is 6.61 Å². The molecule has 0 fully saturated rings. The smallest absolute Gasteiger partial charge is 0.124 e. The number of hydrogen-bond acceptors (Lipinski definition) is 1. The maximum atomic E-state index is 6.23. The molecule has 1 radical (unpaired) electrons. The molecule has 0 aliphatic rings. The Morgan fingerprint density at radius 1 is 1.83 bits per heavy atom. The first-order valence-corrected chi connectivity index (χ1v) is 1.95. The van der Waals surface area contributed by atoms with Crippen molar-refractivity contribution in [3.63, 3.8) is 0 Å². The molecule has 6 heavy (non-hydrogen) atoms. The highest BCUT2D eigenvalue weighted by molar-refractivity contribution is 4.54. The van der Waals surface area contributed by atoms with Crippen LogP contribution in [0.25, 0.3) is 0 Å². The van der Waals surface area contributed by atoms with Gasteiger partial charge in [-0.3, -0.25) is 0 Å². The Kier molecular flexibility index (Phi) is 3.89. The molecule has 0 spiro atoms. The maximum absolute atomic E-state index is 6.23. The summed E-state index contributed by atoms with van der Waals surface area (Å²) in [6.07, 6.45) is 9.00. The molecule has 1 heteroatoms. The van der Waals surface area contributed by atoms with Gasteiger partial charge in [0.1, 0.15) is 6.11 Å². The summed E-state index contributed by atoms with van der Waals surface area (Å²) in [6.45, 7) is 2.60. The zero-order valence-corrected chi connectivity index (χ0v) is 3.82. The molecule has 0 rings (SSSR count). The second kappa shape index (κ2) is 4.36. The Balaban J connectivity index is 2.54. The summed E-state index contributed by atoms with van der Waals surface area (Å²) in [5.41, 5.74) is 0. The summed E-state index contributed by atoms with van der Waals surface area (Å²) in [5.74, 6) is 0. The van der Waals surface area contributed by atoms with Crippen molar-refractivity contribution in [2.75, 3.05) is 6.61 Å². The molecule has 0 bridgehead atoms. The first-order chi connectivity index (χ1) is 2.91. The van der Waals surface area contributed by atoms with E-state index >= 15 is 0 Å². The van der Waals surface area contributed by atoms with Crippen LogP contribution in [0.3, 0.4) is 0 Å². The van der Waals surface area contributed by atoms with Crippen molar-refractivity contribution >= 4 is 0 Å². The zero-order chi connectivity index (χ0) is 4.83. The lowest BCUT2D eigenvalue weighted by Crippen LogP contribution is -1.80. The lowest BCUT2D eigenvalue weighted by Gasteiger charge is -1.85. The largest absolute Gasteiger partial charge is 0.446 e. The van der Waals surface area contributed by atoms with Crippen LogP contribution >= 0.6 is 0 Å². The Morgan fingerprint density at radius 3 is 2.67 bits per heavy atom. The van der Waals surface area contributed by atoms with Gasteiger partial charge in [0.15, 0.2) is 0 Å². The molecule has 0 aromatic carbocycles. The zero-order valence-electron chi connectivity index (χ0n) is 3.82. The minimum atomic E-state index is 0.615. The van der Waals surface area contributed by atoms with E-state index < -0.39 is 0 Å². The van der Waals surface area contributed by atoms with Gasteiger partial charge >= 0.3 is 0 Å². The maximum Gasteiger partial charge on any atom is 0.124 e. The van der Waals surface area contributed by atoms with Crippen LogP contribution in [0.15, 0.2) is 0 Å². The standard InChI is InChI=1S/C5H7O/c1-3-5-6-4-2/h3,5H2,1H3. The summed E-state index contributed by atoms with van der Waals surface area (Å²) in [7, 11) is 0. The molecule has 0 aliphatic heterocycles. The molecular formula is C5H7O. The van der Waals surface area contributed by atoms with Gasteiger partial charge in [-0.1, -0.05) is 6.92 Å². The number of ether oxygens (including phenoxy) is 1. The highest BCUT2D eigenvalue weighted by Gasteiger charge is 1.69. The van der Waals surface area contributed by atoms with E-state index in [1.807, 2.05) is 13.0 Å². The van der Waals surface area contributed by atoms with Crippen LogP contribution in [0.1, 0.15) is 13.3 Å². The lowest BCUT2D eigenvalue weighted by atomic mass is 10.5. The van der Waals surface area contributed by atoms with Crippen molar-refractivity contribution in [1.29, 1.82) is 0 Å². The second-order valence-corrected chi connectivity index (χ2v) is 0.951. The number of rotatable bonds is 2. The third kappa shape index (κ3) is 3.36. The summed E-state index contributed by atoms with van der Waals surface area (Å²) in [5, 5.41) is 0. The van der Waals surface area contributed by atoms with Gasteiger partial charge in [0.2, 0.25) is 0 Å². The normalized spacial score (nSPS) is 6.67. The van der Waals surface area contributed by atoms with Crippen LogP contribution in [0.4, 0.5) is 0 Å². The molecule has 0 saturated heterocycles. The lowest BCUT2D eigenvalue weighted by molar-refractivity contribution is 0.277. The van der Waals surface area contributed by atoms with Crippen LogP contribution in [-0.4, -0.2) is 6.61 Å². The quantitative estimate of drug-likeness (QED) is 0.357. The first kappa shape index (κ1) is 5.36. The Hall–Kier alpha value is -0.640. The minimum absolute atomic E-state index is 0.615. The van der Waals surface area contributed by atoms with E-state index in [2.05, 4.69) is 4.74 Å². The molecule has 0 N–H and O–H groups in total. The van der Waals surface area contributed by atoms with E-state index in [9.17, 15) is 0 Å². The Bertz CT molecular complexity index is 51.4. The number of hydrogen-bond donors (Lipinski definition) is 0. The molecule has 0 atom stereocenters. The fourth-order valence-electron chi connectivity index (χ4n) is 0.153. The molecule has 0 unspecified atom stereocenters. The van der Waals surface area contributed by atoms with Crippen LogP contribution in [0.5, 0.6) is 0 Å². The monoisotopic (exact) mass is 83.0 g/mol. The molecule has 0 aromatic rings. The van der Waals surface area contributed by atoms with Gasteiger partial charge in [0, 0.05) is 6.42 Å². The summed E-state index contributed by atoms with van der Waals surface area (Å²) in [4.78, 5) is 0. The van der Waals surface area contributed by atoms with Gasteiger partial charge < -0.3 is 4.74 Å². The van der Waals surface area contributed by atoms with E-state index in [1.54, 1.807) is 0 Å². The molecule has 0 aromatic heterocycles. The van der Waals surface area contributed by atoms with Gasteiger partial charge in [-0.05, 0) is 6.42 Å². The van der Waals surface area contributed by atoms with Crippen molar-refractivity contribution in [3.05, 3.63) is 6.42 Å². The summed E-state index contributed by atoms with van der Waals surface area (Å²) in [6, 6.07) is 0. The van der Waals surface area contributed by atoms with Crippen molar-refractivity contribution in [1.82, 2.24) is 0 Å². The Labute approximate surface area is 38.3 Å². The van der Waals surface area contributed by atoms with Crippen LogP contribution in [-0.2, 0) is 4.74 Å². The van der Waals surface area contributed by atoms with Gasteiger partial charge in [-0.2, -0.15) is 0 Å². The molecule has 0 aliphatic carbocycles. The van der Waals surface area contributed by atoms with Gasteiger partial charge in [0.25, 0.3) is 0 Å². The summed E-state index contributed by atoms with van der Waals surface area (Å²) < 4.78 is 4.40. The molecular weight excluding hydrogens is 76.1 g/mol. The van der Waals surface area contributed by atoms with Crippen LogP contribution < -0.4 is 0 Å². The van der Waals surface area contributed by atoms with E-state index in [-0.39, 0.29) is 0 Å². The SMILES string of the molecule is [C]#COCCC. The van der Waals surface area contributed by atoms with Crippen molar-refractivity contribution in [3.8, 4) is 6.11 Å². The highest BCUT2D eigenvalue weighted by atomic mass is 16.5. The van der Waals surface area contributed by atoms with E-state index in [0.717, 1.165) is 6.42 Å². The second-order valence-electron chi connectivity index (χ2n) is 0.951. The third-order valence-electron chi connectivity index (χ3n) is 0.378. The molecule has 0 heterocycles. The highest BCUT2D eigenvalue weighted by Crippen LogP contribution is 1.73. The van der Waals surface area contributed by atoms with Crippen LogP contribution in [0, 0.1) is 12.5 Å². The fourth-order valence-corrected chi connectivity index (χ4v) is 0.153. The van der Waals surface area contributed by atoms with Gasteiger partial charge in [-0.15, -0.1) is 0 Å². The van der Waals surface area contributed by atoms with Gasteiger partial charge in [-0.25, -0.2) is 0 Å².